The highest BCUT2D eigenvalue weighted by molar-refractivity contribution is 5.31. The average molecular weight is 318 g/mol. The van der Waals surface area contributed by atoms with Gasteiger partial charge < -0.3 is 23.7 Å². The van der Waals surface area contributed by atoms with Crippen LogP contribution in [0.5, 0.6) is 23.0 Å². The summed E-state index contributed by atoms with van der Waals surface area (Å²) in [6.07, 6.45) is -0.895. The first kappa shape index (κ1) is 17.0. The van der Waals surface area contributed by atoms with Gasteiger partial charge in [0.1, 0.15) is 23.0 Å². The number of hydrogen-bond donors (Lipinski definition) is 0. The zero-order valence-electron chi connectivity index (χ0n) is 13.8. The van der Waals surface area contributed by atoms with E-state index in [1.54, 1.807) is 14.2 Å². The fourth-order valence-electron chi connectivity index (χ4n) is 2.02. The van der Waals surface area contributed by atoms with E-state index in [-0.39, 0.29) is 0 Å². The van der Waals surface area contributed by atoms with Crippen molar-refractivity contribution in [3.05, 3.63) is 48.5 Å². The van der Waals surface area contributed by atoms with Crippen molar-refractivity contribution in [3.8, 4) is 23.0 Å². The van der Waals surface area contributed by atoms with Gasteiger partial charge in [0.2, 0.25) is 12.6 Å². The number of hydrogen-bond acceptors (Lipinski definition) is 5. The second-order valence-corrected chi connectivity index (χ2v) is 4.86. The van der Waals surface area contributed by atoms with Gasteiger partial charge in [-0.25, -0.2) is 0 Å². The van der Waals surface area contributed by atoms with Crippen LogP contribution in [0.15, 0.2) is 48.5 Å². The molecular formula is C18H22O5. The summed E-state index contributed by atoms with van der Waals surface area (Å²) in [5.74, 6) is 2.97. The first-order chi connectivity index (χ1) is 11.1. The Kier molecular flexibility index (Phi) is 6.11. The van der Waals surface area contributed by atoms with Crippen LogP contribution in [0.4, 0.5) is 0 Å². The molecule has 2 aromatic rings. The van der Waals surface area contributed by atoms with Gasteiger partial charge in [0.05, 0.1) is 14.2 Å². The van der Waals surface area contributed by atoms with Crippen molar-refractivity contribution >= 4 is 0 Å². The van der Waals surface area contributed by atoms with Crippen molar-refractivity contribution in [2.24, 2.45) is 0 Å². The monoisotopic (exact) mass is 318 g/mol. The van der Waals surface area contributed by atoms with E-state index in [0.29, 0.717) is 11.5 Å². The zero-order chi connectivity index (χ0) is 16.7. The lowest BCUT2D eigenvalue weighted by Crippen LogP contribution is -2.26. The minimum atomic E-state index is -0.448. The van der Waals surface area contributed by atoms with E-state index in [1.165, 1.54) is 0 Å². The van der Waals surface area contributed by atoms with Crippen molar-refractivity contribution in [2.45, 2.75) is 26.4 Å². The predicted molar refractivity (Wildman–Crippen MR) is 87.3 cm³/mol. The summed E-state index contributed by atoms with van der Waals surface area (Å²) in [6.45, 7) is 3.64. The van der Waals surface area contributed by atoms with Gasteiger partial charge in [0, 0.05) is 0 Å². The Labute approximate surface area is 136 Å². The van der Waals surface area contributed by atoms with Crippen LogP contribution in [0, 0.1) is 0 Å². The molecule has 0 bridgehead atoms. The molecule has 0 saturated heterocycles. The minimum absolute atomic E-state index is 0.448. The SMILES string of the molecule is COc1ccc(OC(C)OC(C)Oc2ccc(OC)cc2)cc1. The normalized spacial score (nSPS) is 13.0. The van der Waals surface area contributed by atoms with Crippen LogP contribution < -0.4 is 18.9 Å². The Morgan fingerprint density at radius 2 is 0.870 bits per heavy atom. The van der Waals surface area contributed by atoms with Gasteiger partial charge in [0.15, 0.2) is 0 Å². The summed E-state index contributed by atoms with van der Waals surface area (Å²) >= 11 is 0. The predicted octanol–water partition coefficient (Wildman–Crippen LogP) is 3.87. The molecule has 2 atom stereocenters. The number of methoxy groups -OCH3 is 2. The van der Waals surface area contributed by atoms with E-state index in [4.69, 9.17) is 23.7 Å². The minimum Gasteiger partial charge on any atom is -0.497 e. The Morgan fingerprint density at radius 3 is 1.17 bits per heavy atom. The lowest BCUT2D eigenvalue weighted by molar-refractivity contribution is -0.167. The Morgan fingerprint density at radius 1 is 0.565 bits per heavy atom. The third kappa shape index (κ3) is 5.38. The van der Waals surface area contributed by atoms with E-state index in [0.717, 1.165) is 11.5 Å². The van der Waals surface area contributed by atoms with Gasteiger partial charge in [-0.05, 0) is 62.4 Å². The van der Waals surface area contributed by atoms with Crippen molar-refractivity contribution in [2.75, 3.05) is 14.2 Å². The van der Waals surface area contributed by atoms with E-state index >= 15 is 0 Å². The quantitative estimate of drug-likeness (QED) is 0.691. The molecule has 2 aromatic carbocycles. The maximum atomic E-state index is 5.68. The largest absolute Gasteiger partial charge is 0.497 e. The molecule has 124 valence electrons. The molecule has 0 aliphatic heterocycles. The average Bonchev–Trinajstić information content (AvgIpc) is 2.56. The summed E-state index contributed by atoms with van der Waals surface area (Å²) in [6, 6.07) is 14.6. The number of ether oxygens (including phenoxy) is 5. The van der Waals surface area contributed by atoms with Gasteiger partial charge in [-0.15, -0.1) is 0 Å². The number of rotatable bonds is 8. The Balaban J connectivity index is 1.82. The molecule has 0 fully saturated rings. The molecule has 0 saturated carbocycles. The van der Waals surface area contributed by atoms with Crippen molar-refractivity contribution in [1.29, 1.82) is 0 Å². The highest BCUT2D eigenvalue weighted by atomic mass is 16.8. The van der Waals surface area contributed by atoms with E-state index in [1.807, 2.05) is 62.4 Å². The molecule has 0 radical (unpaired) electrons. The van der Waals surface area contributed by atoms with Gasteiger partial charge in [0.25, 0.3) is 0 Å². The molecule has 5 heteroatoms. The standard InChI is InChI=1S/C18H22O5/c1-13(22-17-9-5-15(19-3)6-10-17)21-14(2)23-18-11-7-16(20-4)8-12-18/h5-14H,1-4H3. The highest BCUT2D eigenvalue weighted by Gasteiger charge is 2.11. The van der Waals surface area contributed by atoms with Gasteiger partial charge >= 0.3 is 0 Å². The lowest BCUT2D eigenvalue weighted by atomic mass is 10.3. The molecule has 23 heavy (non-hydrogen) atoms. The first-order valence-corrected chi connectivity index (χ1v) is 7.37. The molecule has 0 aliphatic rings. The maximum absolute atomic E-state index is 5.68. The summed E-state index contributed by atoms with van der Waals surface area (Å²) in [5, 5.41) is 0. The lowest BCUT2D eigenvalue weighted by Gasteiger charge is -2.21. The molecule has 0 N–H and O–H groups in total. The van der Waals surface area contributed by atoms with Crippen LogP contribution in [0.3, 0.4) is 0 Å². The van der Waals surface area contributed by atoms with E-state index in [2.05, 4.69) is 0 Å². The fraction of sp³-hybridized carbons (Fsp3) is 0.333. The Bertz CT molecular complexity index is 526. The van der Waals surface area contributed by atoms with Crippen molar-refractivity contribution in [1.82, 2.24) is 0 Å². The second kappa shape index (κ2) is 8.29. The van der Waals surface area contributed by atoms with Crippen LogP contribution in [0.25, 0.3) is 0 Å². The van der Waals surface area contributed by atoms with Gasteiger partial charge in [-0.3, -0.25) is 0 Å². The smallest absolute Gasteiger partial charge is 0.200 e. The number of benzene rings is 2. The van der Waals surface area contributed by atoms with E-state index in [9.17, 15) is 0 Å². The van der Waals surface area contributed by atoms with Gasteiger partial charge in [-0.2, -0.15) is 0 Å². The Hall–Kier alpha value is -2.40. The summed E-state index contributed by atoms with van der Waals surface area (Å²) in [7, 11) is 3.25. The van der Waals surface area contributed by atoms with E-state index < -0.39 is 12.6 Å². The third-order valence-corrected chi connectivity index (χ3v) is 3.11. The van der Waals surface area contributed by atoms with Crippen LogP contribution in [-0.2, 0) is 4.74 Å². The summed E-state index contributed by atoms with van der Waals surface area (Å²) < 4.78 is 27.2. The molecule has 0 spiro atoms. The van der Waals surface area contributed by atoms with Crippen LogP contribution in [0.1, 0.15) is 13.8 Å². The first-order valence-electron chi connectivity index (χ1n) is 7.37. The van der Waals surface area contributed by atoms with Crippen LogP contribution in [0.2, 0.25) is 0 Å². The summed E-state index contributed by atoms with van der Waals surface area (Å²) in [5.41, 5.74) is 0. The van der Waals surface area contributed by atoms with Gasteiger partial charge in [-0.1, -0.05) is 0 Å². The fourth-order valence-corrected chi connectivity index (χ4v) is 2.02. The molecule has 5 nitrogen and oxygen atoms in total. The molecule has 0 amide bonds. The highest BCUT2D eigenvalue weighted by Crippen LogP contribution is 2.21. The van der Waals surface area contributed by atoms with Crippen LogP contribution in [-0.4, -0.2) is 26.8 Å². The molecule has 2 unspecified atom stereocenters. The van der Waals surface area contributed by atoms with Crippen molar-refractivity contribution < 1.29 is 23.7 Å². The molecule has 2 rings (SSSR count). The van der Waals surface area contributed by atoms with Crippen LogP contribution >= 0.6 is 0 Å². The molecule has 0 heterocycles. The zero-order valence-corrected chi connectivity index (χ0v) is 13.8. The topological polar surface area (TPSA) is 46.2 Å². The molecular weight excluding hydrogens is 296 g/mol. The molecule has 0 aromatic heterocycles. The second-order valence-electron chi connectivity index (χ2n) is 4.86. The third-order valence-electron chi connectivity index (χ3n) is 3.11. The van der Waals surface area contributed by atoms with Crippen molar-refractivity contribution in [3.63, 3.8) is 0 Å². The molecule has 0 aliphatic carbocycles. The maximum Gasteiger partial charge on any atom is 0.200 e. The summed E-state index contributed by atoms with van der Waals surface area (Å²) in [4.78, 5) is 0.